The summed E-state index contributed by atoms with van der Waals surface area (Å²) >= 11 is 0. The van der Waals surface area contributed by atoms with Crippen LogP contribution in [0.3, 0.4) is 0 Å². The third-order valence-electron chi connectivity index (χ3n) is 5.57. The molecule has 0 N–H and O–H groups in total. The molecule has 1 unspecified atom stereocenters. The fourth-order valence-electron chi connectivity index (χ4n) is 3.76. The molecule has 0 amide bonds. The minimum absolute atomic E-state index is 0.159. The van der Waals surface area contributed by atoms with E-state index in [1.165, 1.54) is 25.8 Å². The van der Waals surface area contributed by atoms with Crippen LogP contribution in [-0.2, 0) is 16.4 Å². The largest absolute Gasteiger partial charge is 0.497 e. The molecule has 3 rings (SSSR count). The Morgan fingerprint density at radius 2 is 1.86 bits per heavy atom. The summed E-state index contributed by atoms with van der Waals surface area (Å²) in [4.78, 5) is 2.43. The van der Waals surface area contributed by atoms with Gasteiger partial charge >= 0.3 is 0 Å². The summed E-state index contributed by atoms with van der Waals surface area (Å²) in [6.45, 7) is 1.89. The second-order valence-electron chi connectivity index (χ2n) is 7.39. The van der Waals surface area contributed by atoms with Crippen LogP contribution in [-0.4, -0.2) is 64.6 Å². The number of benzene rings is 2. The Morgan fingerprint density at radius 1 is 1.10 bits per heavy atom. The van der Waals surface area contributed by atoms with E-state index in [2.05, 4.69) is 24.1 Å². The van der Waals surface area contributed by atoms with Gasteiger partial charge in [0, 0.05) is 31.7 Å². The molecule has 29 heavy (non-hydrogen) atoms. The molecule has 1 aliphatic heterocycles. The number of hydrogen-bond donors (Lipinski definition) is 0. The normalized spacial score (nSPS) is 18.0. The highest BCUT2D eigenvalue weighted by Crippen LogP contribution is 2.32. The van der Waals surface area contributed by atoms with Crippen molar-refractivity contribution in [3.05, 3.63) is 54.1 Å². The van der Waals surface area contributed by atoms with E-state index in [1.54, 1.807) is 16.4 Å². The number of rotatable bonds is 8. The van der Waals surface area contributed by atoms with Crippen LogP contribution in [0.15, 0.2) is 53.4 Å². The van der Waals surface area contributed by atoms with Crippen LogP contribution >= 0.6 is 0 Å². The Kier molecular flexibility index (Phi) is 7.16. The molecule has 1 atom stereocenters. The molecule has 158 valence electrons. The number of nitrogens with zero attached hydrogens (tertiary/aromatic N) is 2. The van der Waals surface area contributed by atoms with E-state index in [9.17, 15) is 8.42 Å². The molecule has 1 fully saturated rings. The van der Waals surface area contributed by atoms with Crippen LogP contribution in [0.25, 0.3) is 0 Å². The van der Waals surface area contributed by atoms with E-state index < -0.39 is 10.0 Å². The molecule has 7 heteroatoms. The molecule has 6 nitrogen and oxygen atoms in total. The van der Waals surface area contributed by atoms with Gasteiger partial charge in [-0.1, -0.05) is 30.3 Å². The number of methoxy groups -OCH3 is 2. The molecule has 1 saturated heterocycles. The van der Waals surface area contributed by atoms with Gasteiger partial charge in [-0.15, -0.1) is 0 Å². The number of hydrogen-bond acceptors (Lipinski definition) is 5. The minimum atomic E-state index is -3.67. The lowest BCUT2D eigenvalue weighted by Crippen LogP contribution is -2.49. The van der Waals surface area contributed by atoms with Crippen molar-refractivity contribution >= 4 is 10.0 Å². The maximum absolute atomic E-state index is 13.4. The Bertz CT molecular complexity index is 902. The Balaban J connectivity index is 1.72. The van der Waals surface area contributed by atoms with Crippen LogP contribution in [0.5, 0.6) is 11.5 Å². The summed E-state index contributed by atoms with van der Waals surface area (Å²) in [5.74, 6) is 0.836. The molecule has 0 aliphatic carbocycles. The van der Waals surface area contributed by atoms with E-state index in [0.717, 1.165) is 25.8 Å². The summed E-state index contributed by atoms with van der Waals surface area (Å²) < 4.78 is 38.8. The second-order valence-corrected chi connectivity index (χ2v) is 9.30. The summed E-state index contributed by atoms with van der Waals surface area (Å²) in [6.07, 6.45) is 2.78. The average Bonchev–Trinajstić information content (AvgIpc) is 2.77. The highest BCUT2D eigenvalue weighted by atomic mass is 32.2. The summed E-state index contributed by atoms with van der Waals surface area (Å²) in [6, 6.07) is 15.4. The summed E-state index contributed by atoms with van der Waals surface area (Å²) in [5.41, 5.74) is 1.29. The van der Waals surface area contributed by atoms with E-state index >= 15 is 0 Å². The zero-order valence-electron chi connectivity index (χ0n) is 17.4. The first-order valence-corrected chi connectivity index (χ1v) is 11.4. The number of piperidine rings is 1. The van der Waals surface area contributed by atoms with Crippen molar-refractivity contribution in [2.45, 2.75) is 30.2 Å². The quantitative estimate of drug-likeness (QED) is 0.660. The van der Waals surface area contributed by atoms with Gasteiger partial charge in [-0.2, -0.15) is 4.31 Å². The van der Waals surface area contributed by atoms with Gasteiger partial charge in [0.25, 0.3) is 0 Å². The number of likely N-dealkylation sites (N-methyl/N-ethyl adjacent to an activating group) is 1. The lowest BCUT2D eigenvalue weighted by molar-refractivity contribution is 0.164. The second kappa shape index (κ2) is 9.61. The van der Waals surface area contributed by atoms with E-state index in [-0.39, 0.29) is 10.9 Å². The van der Waals surface area contributed by atoms with Crippen molar-refractivity contribution < 1.29 is 17.9 Å². The Hall–Kier alpha value is -2.09. The SMILES string of the molecule is COc1ccc(OC)c(S(=O)(=O)N2CCCC(N(C)CCc3ccccc3)C2)c1. The predicted molar refractivity (Wildman–Crippen MR) is 114 cm³/mol. The minimum Gasteiger partial charge on any atom is -0.497 e. The van der Waals surface area contributed by atoms with E-state index in [1.807, 2.05) is 18.2 Å². The highest BCUT2D eigenvalue weighted by molar-refractivity contribution is 7.89. The Labute approximate surface area is 174 Å². The zero-order valence-corrected chi connectivity index (χ0v) is 18.2. The third-order valence-corrected chi connectivity index (χ3v) is 7.45. The number of ether oxygens (including phenoxy) is 2. The van der Waals surface area contributed by atoms with E-state index in [4.69, 9.17) is 9.47 Å². The fourth-order valence-corrected chi connectivity index (χ4v) is 5.44. The predicted octanol–water partition coefficient (Wildman–Crippen LogP) is 3.03. The molecule has 0 spiro atoms. The van der Waals surface area contributed by atoms with Gasteiger partial charge in [0.05, 0.1) is 14.2 Å². The highest BCUT2D eigenvalue weighted by Gasteiger charge is 2.33. The maximum Gasteiger partial charge on any atom is 0.246 e. The molecular weight excluding hydrogens is 388 g/mol. The standard InChI is InChI=1S/C22H30N2O4S/c1-23(15-13-18-8-5-4-6-9-18)19-10-7-14-24(17-19)29(25,26)22-16-20(27-2)11-12-21(22)28-3/h4-6,8-9,11-12,16,19H,7,10,13-15,17H2,1-3H3. The van der Waals surface area contributed by atoms with Gasteiger partial charge in [0.15, 0.2) is 0 Å². The first kappa shape index (κ1) is 21.6. The summed E-state index contributed by atoms with van der Waals surface area (Å²) in [5, 5.41) is 0. The van der Waals surface area contributed by atoms with Crippen molar-refractivity contribution in [1.29, 1.82) is 0 Å². The topological polar surface area (TPSA) is 59.1 Å². The Morgan fingerprint density at radius 3 is 2.55 bits per heavy atom. The van der Waals surface area contributed by atoms with Gasteiger partial charge in [0.2, 0.25) is 10.0 Å². The average molecular weight is 419 g/mol. The maximum atomic E-state index is 13.4. The molecule has 0 bridgehead atoms. The van der Waals surface area contributed by atoms with Gasteiger partial charge in [-0.25, -0.2) is 8.42 Å². The monoisotopic (exact) mass is 418 g/mol. The van der Waals surface area contributed by atoms with E-state index in [0.29, 0.717) is 24.6 Å². The molecule has 1 heterocycles. The van der Waals surface area contributed by atoms with Gasteiger partial charge in [-0.3, -0.25) is 0 Å². The molecule has 2 aromatic rings. The lowest BCUT2D eigenvalue weighted by Gasteiger charge is -2.37. The van der Waals surface area contributed by atoms with Crippen molar-refractivity contribution in [3.8, 4) is 11.5 Å². The first-order valence-electron chi connectivity index (χ1n) is 9.92. The van der Waals surface area contributed by atoms with Gasteiger partial charge in [0.1, 0.15) is 16.4 Å². The first-order chi connectivity index (χ1) is 14.0. The third kappa shape index (κ3) is 5.10. The molecule has 2 aromatic carbocycles. The van der Waals surface area contributed by atoms with Crippen LogP contribution in [0.1, 0.15) is 18.4 Å². The van der Waals surface area contributed by atoms with Gasteiger partial charge in [-0.05, 0) is 44.0 Å². The lowest BCUT2D eigenvalue weighted by atomic mass is 10.1. The van der Waals surface area contributed by atoms with Crippen LogP contribution in [0, 0.1) is 0 Å². The van der Waals surface area contributed by atoms with Crippen molar-refractivity contribution in [1.82, 2.24) is 9.21 Å². The van der Waals surface area contributed by atoms with Crippen molar-refractivity contribution in [2.75, 3.05) is 40.9 Å². The fraction of sp³-hybridized carbons (Fsp3) is 0.455. The number of sulfonamides is 1. The molecule has 1 aliphatic rings. The van der Waals surface area contributed by atoms with Crippen molar-refractivity contribution in [3.63, 3.8) is 0 Å². The van der Waals surface area contributed by atoms with Crippen LogP contribution in [0.4, 0.5) is 0 Å². The zero-order chi connectivity index (χ0) is 20.9. The molecular formula is C22H30N2O4S. The van der Waals surface area contributed by atoms with Crippen LogP contribution in [0.2, 0.25) is 0 Å². The van der Waals surface area contributed by atoms with Crippen LogP contribution < -0.4 is 9.47 Å². The van der Waals surface area contributed by atoms with Gasteiger partial charge < -0.3 is 14.4 Å². The molecule has 0 radical (unpaired) electrons. The smallest absolute Gasteiger partial charge is 0.246 e. The molecule has 0 aromatic heterocycles. The van der Waals surface area contributed by atoms with Crippen molar-refractivity contribution in [2.24, 2.45) is 0 Å². The molecule has 0 saturated carbocycles. The summed E-state index contributed by atoms with van der Waals surface area (Å²) in [7, 11) is 1.42.